The van der Waals surface area contributed by atoms with Crippen LogP contribution in [-0.2, 0) is 9.47 Å². The standard InChI is InChI=1S/C20H36O2/c1-3-5-7-9-11-17-21-19-13-15-20(16-14-19)22-18-12-10-8-6-4-2/h13-16,19-20H,3-12,17-18H2,1-2H3. The van der Waals surface area contributed by atoms with Gasteiger partial charge in [0.2, 0.25) is 0 Å². The van der Waals surface area contributed by atoms with Gasteiger partial charge in [0.1, 0.15) is 0 Å². The summed E-state index contributed by atoms with van der Waals surface area (Å²) in [6.45, 7) is 6.23. The van der Waals surface area contributed by atoms with Gasteiger partial charge in [-0.15, -0.1) is 0 Å². The maximum Gasteiger partial charge on any atom is 0.0939 e. The summed E-state index contributed by atoms with van der Waals surface area (Å²) in [5.74, 6) is 0. The van der Waals surface area contributed by atoms with Crippen molar-refractivity contribution in [3.8, 4) is 0 Å². The van der Waals surface area contributed by atoms with E-state index in [0.29, 0.717) is 0 Å². The lowest BCUT2D eigenvalue weighted by molar-refractivity contribution is 0.0912. The number of hydrogen-bond acceptors (Lipinski definition) is 2. The average Bonchev–Trinajstić information content (AvgIpc) is 2.55. The van der Waals surface area contributed by atoms with Gasteiger partial charge in [0, 0.05) is 13.2 Å². The Morgan fingerprint density at radius 3 is 1.27 bits per heavy atom. The largest absolute Gasteiger partial charge is 0.370 e. The minimum Gasteiger partial charge on any atom is -0.370 e. The lowest BCUT2D eigenvalue weighted by atomic mass is 10.1. The minimum atomic E-state index is 0.149. The first-order chi connectivity index (χ1) is 10.9. The third kappa shape index (κ3) is 10.2. The summed E-state index contributed by atoms with van der Waals surface area (Å²) in [6.07, 6.45) is 21.7. The highest BCUT2D eigenvalue weighted by molar-refractivity contribution is 5.16. The topological polar surface area (TPSA) is 18.5 Å². The number of unbranched alkanes of at least 4 members (excludes halogenated alkanes) is 8. The molecular formula is C20H36O2. The molecule has 0 spiro atoms. The molecule has 1 aliphatic carbocycles. The second-order valence-electron chi connectivity index (χ2n) is 6.27. The van der Waals surface area contributed by atoms with Crippen molar-refractivity contribution >= 4 is 0 Å². The zero-order valence-electron chi connectivity index (χ0n) is 14.8. The molecule has 0 bridgehead atoms. The van der Waals surface area contributed by atoms with E-state index in [1.54, 1.807) is 0 Å². The maximum atomic E-state index is 5.85. The summed E-state index contributed by atoms with van der Waals surface area (Å²) < 4.78 is 11.7. The first-order valence-electron chi connectivity index (χ1n) is 9.46. The predicted molar refractivity (Wildman–Crippen MR) is 95.3 cm³/mol. The molecule has 1 rings (SSSR count). The average molecular weight is 309 g/mol. The fourth-order valence-electron chi connectivity index (χ4n) is 2.64. The third-order valence-corrected chi connectivity index (χ3v) is 4.10. The number of ether oxygens (including phenoxy) is 2. The van der Waals surface area contributed by atoms with Crippen molar-refractivity contribution in [1.82, 2.24) is 0 Å². The van der Waals surface area contributed by atoms with Crippen LogP contribution in [0.3, 0.4) is 0 Å². The molecule has 0 fully saturated rings. The Morgan fingerprint density at radius 1 is 0.545 bits per heavy atom. The summed E-state index contributed by atoms with van der Waals surface area (Å²) in [4.78, 5) is 0. The monoisotopic (exact) mass is 308 g/mol. The van der Waals surface area contributed by atoms with Crippen LogP contribution in [-0.4, -0.2) is 25.4 Å². The highest BCUT2D eigenvalue weighted by Gasteiger charge is 2.09. The molecule has 0 radical (unpaired) electrons. The van der Waals surface area contributed by atoms with Crippen LogP contribution in [0.1, 0.15) is 78.1 Å². The Bertz CT molecular complexity index is 254. The molecule has 0 saturated carbocycles. The summed E-state index contributed by atoms with van der Waals surface area (Å²) in [7, 11) is 0. The molecule has 0 N–H and O–H groups in total. The maximum absolute atomic E-state index is 5.85. The lowest BCUT2D eigenvalue weighted by Crippen LogP contribution is -2.17. The SMILES string of the molecule is CCCCCCCOC1C=CC(OCCCCCCC)C=C1. The summed E-state index contributed by atoms with van der Waals surface area (Å²) >= 11 is 0. The fraction of sp³-hybridized carbons (Fsp3) is 0.800. The highest BCUT2D eigenvalue weighted by atomic mass is 16.5. The predicted octanol–water partition coefficient (Wildman–Crippen LogP) is 5.82. The van der Waals surface area contributed by atoms with E-state index in [9.17, 15) is 0 Å². The van der Waals surface area contributed by atoms with Crippen molar-refractivity contribution in [3.05, 3.63) is 24.3 Å². The molecular weight excluding hydrogens is 272 g/mol. The van der Waals surface area contributed by atoms with Crippen LogP contribution in [0.2, 0.25) is 0 Å². The van der Waals surface area contributed by atoms with Crippen molar-refractivity contribution < 1.29 is 9.47 Å². The zero-order chi connectivity index (χ0) is 15.9. The summed E-state index contributed by atoms with van der Waals surface area (Å²) in [5.41, 5.74) is 0. The van der Waals surface area contributed by atoms with E-state index in [0.717, 1.165) is 13.2 Å². The van der Waals surface area contributed by atoms with Crippen LogP contribution in [0.15, 0.2) is 24.3 Å². The van der Waals surface area contributed by atoms with E-state index in [2.05, 4.69) is 38.2 Å². The van der Waals surface area contributed by atoms with Gasteiger partial charge >= 0.3 is 0 Å². The molecule has 128 valence electrons. The van der Waals surface area contributed by atoms with Gasteiger partial charge in [-0.05, 0) is 12.8 Å². The second-order valence-corrected chi connectivity index (χ2v) is 6.27. The van der Waals surface area contributed by atoms with Crippen molar-refractivity contribution in [2.75, 3.05) is 13.2 Å². The second kappa shape index (κ2) is 14.0. The quantitative estimate of drug-likeness (QED) is 0.297. The van der Waals surface area contributed by atoms with Crippen molar-refractivity contribution in [1.29, 1.82) is 0 Å². The van der Waals surface area contributed by atoms with Gasteiger partial charge in [0.25, 0.3) is 0 Å². The van der Waals surface area contributed by atoms with E-state index < -0.39 is 0 Å². The lowest BCUT2D eigenvalue weighted by Gasteiger charge is -2.18. The van der Waals surface area contributed by atoms with Crippen LogP contribution in [0.25, 0.3) is 0 Å². The van der Waals surface area contributed by atoms with Gasteiger partial charge < -0.3 is 9.47 Å². The molecule has 0 saturated heterocycles. The first kappa shape index (κ1) is 19.4. The number of hydrogen-bond donors (Lipinski definition) is 0. The van der Waals surface area contributed by atoms with Gasteiger partial charge in [-0.25, -0.2) is 0 Å². The van der Waals surface area contributed by atoms with Gasteiger partial charge in [-0.3, -0.25) is 0 Å². The van der Waals surface area contributed by atoms with Crippen LogP contribution in [0.5, 0.6) is 0 Å². The minimum absolute atomic E-state index is 0.149. The molecule has 0 aromatic carbocycles. The van der Waals surface area contributed by atoms with E-state index in [4.69, 9.17) is 9.47 Å². The highest BCUT2D eigenvalue weighted by Crippen LogP contribution is 2.12. The molecule has 2 nitrogen and oxygen atoms in total. The van der Waals surface area contributed by atoms with Crippen molar-refractivity contribution in [3.63, 3.8) is 0 Å². The van der Waals surface area contributed by atoms with E-state index in [1.807, 2.05) is 0 Å². The van der Waals surface area contributed by atoms with Crippen molar-refractivity contribution in [2.24, 2.45) is 0 Å². The third-order valence-electron chi connectivity index (χ3n) is 4.10. The van der Waals surface area contributed by atoms with E-state index in [-0.39, 0.29) is 12.2 Å². The van der Waals surface area contributed by atoms with Gasteiger partial charge in [-0.1, -0.05) is 89.5 Å². The summed E-state index contributed by atoms with van der Waals surface area (Å²) in [5, 5.41) is 0. The Labute approximate surface area is 138 Å². The Hall–Kier alpha value is -0.600. The molecule has 1 aliphatic rings. The van der Waals surface area contributed by atoms with Crippen LogP contribution < -0.4 is 0 Å². The Balaban J connectivity index is 1.97. The molecule has 2 heteroatoms. The van der Waals surface area contributed by atoms with E-state index >= 15 is 0 Å². The molecule has 0 aliphatic heterocycles. The smallest absolute Gasteiger partial charge is 0.0939 e. The molecule has 22 heavy (non-hydrogen) atoms. The Kier molecular flexibility index (Phi) is 12.4. The van der Waals surface area contributed by atoms with Crippen molar-refractivity contribution in [2.45, 2.75) is 90.3 Å². The first-order valence-corrected chi connectivity index (χ1v) is 9.46. The van der Waals surface area contributed by atoms with Crippen LogP contribution >= 0.6 is 0 Å². The molecule has 0 amide bonds. The van der Waals surface area contributed by atoms with Gasteiger partial charge in [0.05, 0.1) is 12.2 Å². The molecule has 0 unspecified atom stereocenters. The normalized spacial score (nSPS) is 20.6. The van der Waals surface area contributed by atoms with E-state index in [1.165, 1.54) is 64.2 Å². The van der Waals surface area contributed by atoms with Crippen LogP contribution in [0.4, 0.5) is 0 Å². The van der Waals surface area contributed by atoms with Crippen LogP contribution in [0, 0.1) is 0 Å². The van der Waals surface area contributed by atoms with Gasteiger partial charge in [0.15, 0.2) is 0 Å². The van der Waals surface area contributed by atoms with Gasteiger partial charge in [-0.2, -0.15) is 0 Å². The zero-order valence-corrected chi connectivity index (χ0v) is 14.8. The number of rotatable bonds is 14. The molecule has 0 atom stereocenters. The Morgan fingerprint density at radius 2 is 0.909 bits per heavy atom. The summed E-state index contributed by atoms with van der Waals surface area (Å²) in [6, 6.07) is 0. The molecule has 0 aromatic heterocycles. The molecule has 0 heterocycles. The fourth-order valence-corrected chi connectivity index (χ4v) is 2.64. The molecule has 0 aromatic rings.